The molecule has 118 valence electrons. The van der Waals surface area contributed by atoms with Gasteiger partial charge in [0.1, 0.15) is 13.2 Å². The molecule has 4 nitrogen and oxygen atoms in total. The molecule has 0 spiro atoms. The molecule has 1 amide bonds. The zero-order valence-electron chi connectivity index (χ0n) is 13.0. The number of nitrogens with one attached hydrogen (secondary N) is 1. The van der Waals surface area contributed by atoms with Crippen LogP contribution in [0, 0.1) is 12.8 Å². The van der Waals surface area contributed by atoms with Crippen molar-refractivity contribution in [1.82, 2.24) is 0 Å². The van der Waals surface area contributed by atoms with Gasteiger partial charge in [-0.1, -0.05) is 18.2 Å². The fourth-order valence-corrected chi connectivity index (χ4v) is 3.10. The van der Waals surface area contributed by atoms with Crippen molar-refractivity contribution >= 4 is 11.6 Å². The number of rotatable bonds is 3. The van der Waals surface area contributed by atoms with Gasteiger partial charge in [-0.25, -0.2) is 0 Å². The molecular formula is C19H19NO3. The highest BCUT2D eigenvalue weighted by atomic mass is 16.6. The number of anilines is 1. The number of aryl methyl sites for hydroxylation is 1. The molecular weight excluding hydrogens is 290 g/mol. The third-order valence-electron chi connectivity index (χ3n) is 4.41. The predicted molar refractivity (Wildman–Crippen MR) is 88.1 cm³/mol. The maximum atomic E-state index is 12.4. The average molecular weight is 309 g/mol. The van der Waals surface area contributed by atoms with Gasteiger partial charge < -0.3 is 14.8 Å². The van der Waals surface area contributed by atoms with Crippen molar-refractivity contribution in [2.24, 2.45) is 5.92 Å². The molecule has 1 N–H and O–H groups in total. The van der Waals surface area contributed by atoms with E-state index in [1.807, 2.05) is 49.4 Å². The number of ether oxygens (including phenoxy) is 2. The van der Waals surface area contributed by atoms with Crippen LogP contribution in [0.1, 0.15) is 23.5 Å². The minimum absolute atomic E-state index is 0.0399. The summed E-state index contributed by atoms with van der Waals surface area (Å²) in [7, 11) is 0. The summed E-state index contributed by atoms with van der Waals surface area (Å²) in [6.07, 6.45) is 0.886. The van der Waals surface area contributed by atoms with E-state index >= 15 is 0 Å². The molecule has 2 aromatic carbocycles. The summed E-state index contributed by atoms with van der Waals surface area (Å²) in [6, 6.07) is 13.9. The molecule has 1 aliphatic carbocycles. The highest BCUT2D eigenvalue weighted by Crippen LogP contribution is 2.49. The number of carbonyl (C=O) groups excluding carboxylic acids is 1. The first kappa shape index (κ1) is 14.1. The van der Waals surface area contributed by atoms with Crippen molar-refractivity contribution in [3.05, 3.63) is 53.6 Å². The molecule has 2 atom stereocenters. The molecule has 0 aromatic heterocycles. The summed E-state index contributed by atoms with van der Waals surface area (Å²) in [6.45, 7) is 3.19. The van der Waals surface area contributed by atoms with E-state index in [0.29, 0.717) is 13.2 Å². The van der Waals surface area contributed by atoms with Crippen LogP contribution in [0.2, 0.25) is 0 Å². The van der Waals surface area contributed by atoms with Crippen LogP contribution in [0.4, 0.5) is 5.69 Å². The van der Waals surface area contributed by atoms with Crippen LogP contribution in [0.5, 0.6) is 11.5 Å². The van der Waals surface area contributed by atoms with Crippen molar-refractivity contribution in [3.63, 3.8) is 0 Å². The van der Waals surface area contributed by atoms with Crippen molar-refractivity contribution in [1.29, 1.82) is 0 Å². The van der Waals surface area contributed by atoms with Gasteiger partial charge in [0.25, 0.3) is 0 Å². The van der Waals surface area contributed by atoms with Crippen LogP contribution in [-0.2, 0) is 4.79 Å². The smallest absolute Gasteiger partial charge is 0.228 e. The van der Waals surface area contributed by atoms with Crippen LogP contribution in [0.25, 0.3) is 0 Å². The zero-order valence-corrected chi connectivity index (χ0v) is 13.0. The second kappa shape index (κ2) is 5.61. The fourth-order valence-electron chi connectivity index (χ4n) is 3.10. The lowest BCUT2D eigenvalue weighted by Crippen LogP contribution is -2.16. The molecule has 1 heterocycles. The van der Waals surface area contributed by atoms with E-state index in [4.69, 9.17) is 9.47 Å². The van der Waals surface area contributed by atoms with Gasteiger partial charge in [-0.3, -0.25) is 4.79 Å². The lowest BCUT2D eigenvalue weighted by atomic mass is 10.1. The molecule has 2 aliphatic rings. The third kappa shape index (κ3) is 2.89. The van der Waals surface area contributed by atoms with E-state index in [-0.39, 0.29) is 17.7 Å². The van der Waals surface area contributed by atoms with Crippen molar-refractivity contribution in [2.45, 2.75) is 19.3 Å². The van der Waals surface area contributed by atoms with Crippen LogP contribution in [0.15, 0.2) is 42.5 Å². The molecule has 0 radical (unpaired) electrons. The summed E-state index contributed by atoms with van der Waals surface area (Å²) in [5.41, 5.74) is 3.16. The van der Waals surface area contributed by atoms with Gasteiger partial charge in [0, 0.05) is 11.6 Å². The Morgan fingerprint density at radius 2 is 1.91 bits per heavy atom. The van der Waals surface area contributed by atoms with E-state index in [1.165, 1.54) is 0 Å². The first-order chi connectivity index (χ1) is 11.2. The SMILES string of the molecule is Cc1cccc(NC(=O)C2CC2c2ccc3c(c2)OCCO3)c1. The Morgan fingerprint density at radius 3 is 2.74 bits per heavy atom. The Labute approximate surface area is 135 Å². The topological polar surface area (TPSA) is 47.6 Å². The predicted octanol–water partition coefficient (Wildman–Crippen LogP) is 3.51. The number of fused-ring (bicyclic) bond motifs is 1. The minimum atomic E-state index is 0.0399. The summed E-state index contributed by atoms with van der Waals surface area (Å²) < 4.78 is 11.2. The monoisotopic (exact) mass is 309 g/mol. The lowest BCUT2D eigenvalue weighted by Gasteiger charge is -2.18. The van der Waals surface area contributed by atoms with E-state index in [1.54, 1.807) is 0 Å². The summed E-state index contributed by atoms with van der Waals surface area (Å²) in [4.78, 5) is 12.4. The van der Waals surface area contributed by atoms with Gasteiger partial charge in [-0.05, 0) is 54.7 Å². The highest BCUT2D eigenvalue weighted by Gasteiger charge is 2.44. The molecule has 2 aromatic rings. The standard InChI is InChI=1S/C19H19NO3/c1-12-3-2-4-14(9-12)20-19(21)16-11-15(16)13-5-6-17-18(10-13)23-8-7-22-17/h2-6,9-10,15-16H,7-8,11H2,1H3,(H,20,21). The molecule has 4 heteroatoms. The number of carbonyl (C=O) groups is 1. The van der Waals surface area contributed by atoms with Gasteiger partial charge in [-0.15, -0.1) is 0 Å². The number of hydrogen-bond donors (Lipinski definition) is 1. The Morgan fingerprint density at radius 1 is 1.09 bits per heavy atom. The normalized spacial score (nSPS) is 21.6. The largest absolute Gasteiger partial charge is 0.486 e. The van der Waals surface area contributed by atoms with Crippen LogP contribution in [-0.4, -0.2) is 19.1 Å². The second-order valence-electron chi connectivity index (χ2n) is 6.21. The molecule has 0 bridgehead atoms. The Balaban J connectivity index is 1.44. The Hall–Kier alpha value is -2.49. The first-order valence-electron chi connectivity index (χ1n) is 7.98. The first-order valence-corrected chi connectivity index (χ1v) is 7.98. The van der Waals surface area contributed by atoms with Crippen molar-refractivity contribution < 1.29 is 14.3 Å². The average Bonchev–Trinajstić information content (AvgIpc) is 3.35. The Kier molecular flexibility index (Phi) is 3.45. The lowest BCUT2D eigenvalue weighted by molar-refractivity contribution is -0.117. The molecule has 1 saturated carbocycles. The summed E-state index contributed by atoms with van der Waals surface area (Å²) in [5.74, 6) is 1.99. The zero-order chi connectivity index (χ0) is 15.8. The minimum Gasteiger partial charge on any atom is -0.486 e. The van der Waals surface area contributed by atoms with Gasteiger partial charge >= 0.3 is 0 Å². The maximum Gasteiger partial charge on any atom is 0.228 e. The number of hydrogen-bond acceptors (Lipinski definition) is 3. The molecule has 2 unspecified atom stereocenters. The van der Waals surface area contributed by atoms with Crippen molar-refractivity contribution in [3.8, 4) is 11.5 Å². The molecule has 23 heavy (non-hydrogen) atoms. The van der Waals surface area contributed by atoms with E-state index < -0.39 is 0 Å². The Bertz CT molecular complexity index is 756. The van der Waals surface area contributed by atoms with E-state index in [9.17, 15) is 4.79 Å². The molecule has 1 aliphatic heterocycles. The van der Waals surface area contributed by atoms with E-state index in [2.05, 4.69) is 5.32 Å². The molecule has 4 rings (SSSR count). The quantitative estimate of drug-likeness (QED) is 0.944. The number of amides is 1. The second-order valence-corrected chi connectivity index (χ2v) is 6.21. The maximum absolute atomic E-state index is 12.4. The van der Waals surface area contributed by atoms with Gasteiger partial charge in [0.15, 0.2) is 11.5 Å². The van der Waals surface area contributed by atoms with Gasteiger partial charge in [0.2, 0.25) is 5.91 Å². The number of benzene rings is 2. The molecule has 0 saturated heterocycles. The summed E-state index contributed by atoms with van der Waals surface area (Å²) >= 11 is 0. The van der Waals surface area contributed by atoms with Gasteiger partial charge in [-0.2, -0.15) is 0 Å². The van der Waals surface area contributed by atoms with Gasteiger partial charge in [0.05, 0.1) is 0 Å². The fraction of sp³-hybridized carbons (Fsp3) is 0.316. The molecule has 1 fully saturated rings. The van der Waals surface area contributed by atoms with E-state index in [0.717, 1.165) is 34.7 Å². The van der Waals surface area contributed by atoms with Crippen LogP contribution in [0.3, 0.4) is 0 Å². The highest BCUT2D eigenvalue weighted by molar-refractivity contribution is 5.95. The summed E-state index contributed by atoms with van der Waals surface area (Å²) in [5, 5.41) is 3.01. The van der Waals surface area contributed by atoms with Crippen LogP contribution >= 0.6 is 0 Å². The van der Waals surface area contributed by atoms with Crippen molar-refractivity contribution in [2.75, 3.05) is 18.5 Å². The third-order valence-corrected chi connectivity index (χ3v) is 4.41. The van der Waals surface area contributed by atoms with Crippen LogP contribution < -0.4 is 14.8 Å².